The van der Waals surface area contributed by atoms with E-state index < -0.39 is 17.8 Å². The molecule has 2 aromatic rings. The molecule has 0 aromatic heterocycles. The molecule has 0 radical (unpaired) electrons. The minimum absolute atomic E-state index is 0.203. The third-order valence-electron chi connectivity index (χ3n) is 4.45. The van der Waals surface area contributed by atoms with Gasteiger partial charge < -0.3 is 9.80 Å². The molecule has 0 saturated carbocycles. The van der Waals surface area contributed by atoms with E-state index >= 15 is 0 Å². The van der Waals surface area contributed by atoms with Crippen molar-refractivity contribution in [3.8, 4) is 0 Å². The highest BCUT2D eigenvalue weighted by molar-refractivity contribution is 6.03. The van der Waals surface area contributed by atoms with Crippen LogP contribution < -0.4 is 4.90 Å². The SMILES string of the molecule is Cc1ccc(N2CCN(C(=O)c3cccc(F)c3)C(C)C2=O)cc1F. The molecular formula is C19H18F2N2O2. The third kappa shape index (κ3) is 3.24. The molecule has 1 aliphatic rings. The Labute approximate surface area is 144 Å². The first-order chi connectivity index (χ1) is 11.9. The summed E-state index contributed by atoms with van der Waals surface area (Å²) in [7, 11) is 0. The Bertz CT molecular complexity index is 838. The molecule has 0 bridgehead atoms. The number of carbonyl (C=O) groups excluding carboxylic acids is 2. The number of aryl methyl sites for hydroxylation is 1. The Kier molecular flexibility index (Phi) is 4.53. The fourth-order valence-corrected chi connectivity index (χ4v) is 2.94. The molecule has 1 unspecified atom stereocenters. The monoisotopic (exact) mass is 344 g/mol. The Morgan fingerprint density at radius 1 is 1.12 bits per heavy atom. The third-order valence-corrected chi connectivity index (χ3v) is 4.45. The summed E-state index contributed by atoms with van der Waals surface area (Å²) < 4.78 is 27.1. The van der Waals surface area contributed by atoms with Crippen LogP contribution in [0, 0.1) is 18.6 Å². The van der Waals surface area contributed by atoms with Gasteiger partial charge in [0.05, 0.1) is 0 Å². The van der Waals surface area contributed by atoms with Crippen LogP contribution in [0.5, 0.6) is 0 Å². The lowest BCUT2D eigenvalue weighted by molar-refractivity contribution is -0.124. The number of amides is 2. The van der Waals surface area contributed by atoms with E-state index in [0.717, 1.165) is 6.07 Å². The van der Waals surface area contributed by atoms with E-state index in [1.807, 2.05) is 0 Å². The molecule has 0 aliphatic carbocycles. The van der Waals surface area contributed by atoms with Crippen LogP contribution in [-0.2, 0) is 4.79 Å². The lowest BCUT2D eigenvalue weighted by Crippen LogP contribution is -2.57. The van der Waals surface area contributed by atoms with Gasteiger partial charge in [-0.25, -0.2) is 8.78 Å². The fourth-order valence-electron chi connectivity index (χ4n) is 2.94. The topological polar surface area (TPSA) is 40.6 Å². The van der Waals surface area contributed by atoms with Gasteiger partial charge in [0, 0.05) is 24.3 Å². The average molecular weight is 344 g/mol. The minimum atomic E-state index is -0.714. The minimum Gasteiger partial charge on any atom is -0.325 e. The van der Waals surface area contributed by atoms with Crippen LogP contribution >= 0.6 is 0 Å². The van der Waals surface area contributed by atoms with Gasteiger partial charge in [0.1, 0.15) is 17.7 Å². The van der Waals surface area contributed by atoms with Gasteiger partial charge in [-0.05, 0) is 49.7 Å². The van der Waals surface area contributed by atoms with Crippen molar-refractivity contribution in [2.45, 2.75) is 19.9 Å². The van der Waals surface area contributed by atoms with Gasteiger partial charge in [-0.3, -0.25) is 9.59 Å². The summed E-state index contributed by atoms with van der Waals surface area (Å²) >= 11 is 0. The van der Waals surface area contributed by atoms with Gasteiger partial charge in [0.15, 0.2) is 0 Å². The lowest BCUT2D eigenvalue weighted by Gasteiger charge is -2.39. The second-order valence-corrected chi connectivity index (χ2v) is 6.11. The average Bonchev–Trinajstić information content (AvgIpc) is 2.59. The predicted molar refractivity (Wildman–Crippen MR) is 90.4 cm³/mol. The highest BCUT2D eigenvalue weighted by atomic mass is 19.1. The summed E-state index contributed by atoms with van der Waals surface area (Å²) in [4.78, 5) is 28.1. The summed E-state index contributed by atoms with van der Waals surface area (Å²) in [5.41, 5.74) is 1.18. The van der Waals surface area contributed by atoms with Gasteiger partial charge >= 0.3 is 0 Å². The number of benzene rings is 2. The Morgan fingerprint density at radius 3 is 2.56 bits per heavy atom. The maximum atomic E-state index is 13.8. The van der Waals surface area contributed by atoms with Gasteiger partial charge in [-0.15, -0.1) is 0 Å². The first-order valence-corrected chi connectivity index (χ1v) is 8.02. The maximum Gasteiger partial charge on any atom is 0.254 e. The molecule has 25 heavy (non-hydrogen) atoms. The van der Waals surface area contributed by atoms with Crippen LogP contribution in [0.3, 0.4) is 0 Å². The van der Waals surface area contributed by atoms with Crippen LogP contribution in [0.15, 0.2) is 42.5 Å². The van der Waals surface area contributed by atoms with Crippen molar-refractivity contribution in [1.29, 1.82) is 0 Å². The first kappa shape index (κ1) is 17.1. The summed E-state index contributed by atoms with van der Waals surface area (Å²) in [6.07, 6.45) is 0. The fraction of sp³-hybridized carbons (Fsp3) is 0.263. The Balaban J connectivity index is 1.81. The van der Waals surface area contributed by atoms with E-state index in [1.54, 1.807) is 26.0 Å². The zero-order valence-electron chi connectivity index (χ0n) is 14.0. The normalized spacial score (nSPS) is 17.8. The number of hydrogen-bond donors (Lipinski definition) is 0. The van der Waals surface area contributed by atoms with E-state index in [4.69, 9.17) is 0 Å². The molecule has 4 nitrogen and oxygen atoms in total. The van der Waals surface area contributed by atoms with Crippen molar-refractivity contribution in [3.05, 3.63) is 65.2 Å². The van der Waals surface area contributed by atoms with Gasteiger partial charge in [-0.1, -0.05) is 12.1 Å². The molecule has 130 valence electrons. The number of hydrogen-bond acceptors (Lipinski definition) is 2. The maximum absolute atomic E-state index is 13.8. The standard InChI is InChI=1S/C19H18F2N2O2/c1-12-6-7-16(11-17(12)21)23-9-8-22(13(2)18(23)24)19(25)14-4-3-5-15(20)10-14/h3-7,10-11,13H,8-9H2,1-2H3. The second kappa shape index (κ2) is 6.63. The summed E-state index contributed by atoms with van der Waals surface area (Å²) in [5.74, 6) is -1.57. The van der Waals surface area contributed by atoms with Crippen molar-refractivity contribution in [2.24, 2.45) is 0 Å². The number of piperazine rings is 1. The summed E-state index contributed by atoms with van der Waals surface area (Å²) in [5, 5.41) is 0. The Morgan fingerprint density at radius 2 is 1.88 bits per heavy atom. The number of anilines is 1. The molecule has 1 aliphatic heterocycles. The predicted octanol–water partition coefficient (Wildman–Crippen LogP) is 3.15. The largest absolute Gasteiger partial charge is 0.325 e. The zero-order valence-corrected chi connectivity index (χ0v) is 14.0. The van der Waals surface area contributed by atoms with E-state index in [-0.39, 0.29) is 30.4 Å². The number of nitrogens with zero attached hydrogens (tertiary/aromatic N) is 2. The molecule has 0 spiro atoms. The molecule has 1 atom stereocenters. The second-order valence-electron chi connectivity index (χ2n) is 6.11. The van der Waals surface area contributed by atoms with E-state index in [9.17, 15) is 18.4 Å². The number of rotatable bonds is 2. The van der Waals surface area contributed by atoms with Crippen molar-refractivity contribution in [2.75, 3.05) is 18.0 Å². The van der Waals surface area contributed by atoms with Crippen molar-refractivity contribution in [3.63, 3.8) is 0 Å². The van der Waals surface area contributed by atoms with Gasteiger partial charge in [-0.2, -0.15) is 0 Å². The van der Waals surface area contributed by atoms with E-state index in [1.165, 1.54) is 34.1 Å². The van der Waals surface area contributed by atoms with Crippen LogP contribution in [0.4, 0.5) is 14.5 Å². The van der Waals surface area contributed by atoms with E-state index in [0.29, 0.717) is 11.3 Å². The molecular weight excluding hydrogens is 326 g/mol. The first-order valence-electron chi connectivity index (χ1n) is 8.02. The van der Waals surface area contributed by atoms with Crippen molar-refractivity contribution >= 4 is 17.5 Å². The van der Waals surface area contributed by atoms with Gasteiger partial charge in [0.2, 0.25) is 5.91 Å². The highest BCUT2D eigenvalue weighted by Gasteiger charge is 2.35. The smallest absolute Gasteiger partial charge is 0.254 e. The van der Waals surface area contributed by atoms with Crippen molar-refractivity contribution in [1.82, 2.24) is 4.90 Å². The summed E-state index contributed by atoms with van der Waals surface area (Å²) in [6, 6.07) is 9.31. The zero-order chi connectivity index (χ0) is 18.1. The highest BCUT2D eigenvalue weighted by Crippen LogP contribution is 2.24. The quantitative estimate of drug-likeness (QED) is 0.840. The number of carbonyl (C=O) groups is 2. The van der Waals surface area contributed by atoms with Crippen LogP contribution in [-0.4, -0.2) is 35.8 Å². The Hall–Kier alpha value is -2.76. The van der Waals surface area contributed by atoms with Crippen LogP contribution in [0.25, 0.3) is 0 Å². The van der Waals surface area contributed by atoms with Gasteiger partial charge in [0.25, 0.3) is 5.91 Å². The van der Waals surface area contributed by atoms with Crippen LogP contribution in [0.2, 0.25) is 0 Å². The van der Waals surface area contributed by atoms with Crippen molar-refractivity contribution < 1.29 is 18.4 Å². The molecule has 1 saturated heterocycles. The molecule has 6 heteroatoms. The molecule has 2 amide bonds. The van der Waals surface area contributed by atoms with E-state index in [2.05, 4.69) is 0 Å². The molecule has 0 N–H and O–H groups in total. The molecule has 1 fully saturated rings. The summed E-state index contributed by atoms with van der Waals surface area (Å²) in [6.45, 7) is 3.82. The molecule has 1 heterocycles. The number of halogens is 2. The molecule has 3 rings (SSSR count). The van der Waals surface area contributed by atoms with Crippen LogP contribution in [0.1, 0.15) is 22.8 Å². The molecule has 2 aromatic carbocycles. The lowest BCUT2D eigenvalue weighted by atomic mass is 10.1.